The minimum absolute atomic E-state index is 0.0431. The minimum atomic E-state index is -0.781. The lowest BCUT2D eigenvalue weighted by atomic mass is 9.94. The lowest BCUT2D eigenvalue weighted by molar-refractivity contribution is -0.139. The molecule has 1 aromatic heterocycles. The van der Waals surface area contributed by atoms with Crippen LogP contribution in [0.4, 0.5) is 0 Å². The summed E-state index contributed by atoms with van der Waals surface area (Å²) in [6.07, 6.45) is 3.86. The summed E-state index contributed by atoms with van der Waals surface area (Å²) in [5.74, 6) is -1.96. The third kappa shape index (κ3) is 3.83. The summed E-state index contributed by atoms with van der Waals surface area (Å²) < 4.78 is 0. The van der Waals surface area contributed by atoms with E-state index in [1.54, 1.807) is 48.8 Å². The van der Waals surface area contributed by atoms with E-state index in [1.807, 2.05) is 31.1 Å². The van der Waals surface area contributed by atoms with Gasteiger partial charge >= 0.3 is 0 Å². The topological polar surface area (TPSA) is 94.0 Å². The van der Waals surface area contributed by atoms with E-state index in [0.717, 1.165) is 11.9 Å². The molecule has 1 aliphatic heterocycles. The van der Waals surface area contributed by atoms with Gasteiger partial charge in [0.1, 0.15) is 11.5 Å². The Balaban J connectivity index is 1.85. The van der Waals surface area contributed by atoms with Gasteiger partial charge < -0.3 is 20.0 Å². The molecule has 1 atom stereocenters. The van der Waals surface area contributed by atoms with Crippen LogP contribution in [0.3, 0.4) is 0 Å². The first-order chi connectivity index (χ1) is 15.4. The van der Waals surface area contributed by atoms with Gasteiger partial charge in [0.15, 0.2) is 0 Å². The number of rotatable bonds is 6. The Morgan fingerprint density at radius 1 is 1.09 bits per heavy atom. The summed E-state index contributed by atoms with van der Waals surface area (Å²) in [4.78, 5) is 33.6. The summed E-state index contributed by atoms with van der Waals surface area (Å²) in [6, 6.07) is 13.3. The molecule has 1 aliphatic rings. The summed E-state index contributed by atoms with van der Waals surface area (Å²) in [6.45, 7) is 1.09. The highest BCUT2D eigenvalue weighted by atomic mass is 16.3. The van der Waals surface area contributed by atoms with Crippen LogP contribution in [0, 0.1) is 0 Å². The number of amides is 1. The Morgan fingerprint density at radius 3 is 2.59 bits per heavy atom. The maximum absolute atomic E-state index is 13.1. The largest absolute Gasteiger partial charge is 0.507 e. The molecule has 1 saturated heterocycles. The molecule has 0 radical (unpaired) electrons. The number of hydrogen-bond donors (Lipinski definition) is 2. The van der Waals surface area contributed by atoms with Crippen molar-refractivity contribution in [1.82, 2.24) is 14.8 Å². The van der Waals surface area contributed by atoms with Crippen LogP contribution in [0.25, 0.3) is 16.5 Å². The zero-order valence-corrected chi connectivity index (χ0v) is 18.0. The van der Waals surface area contributed by atoms with Crippen LogP contribution < -0.4 is 0 Å². The predicted octanol–water partition coefficient (Wildman–Crippen LogP) is 3.31. The van der Waals surface area contributed by atoms with E-state index in [2.05, 4.69) is 4.98 Å². The van der Waals surface area contributed by atoms with Gasteiger partial charge in [-0.05, 0) is 50.1 Å². The quantitative estimate of drug-likeness (QED) is 0.353. The highest BCUT2D eigenvalue weighted by molar-refractivity contribution is 6.46. The SMILES string of the molecule is CN(C)CCCN1C(=O)C(=O)/C(=C(/O)c2ccc3ccccc3c2O)C1c1cccnc1. The van der Waals surface area contributed by atoms with Gasteiger partial charge in [-0.1, -0.05) is 36.4 Å². The standard InChI is InChI=1S/C25H25N3O4/c1-27(2)13-6-14-28-21(17-8-5-12-26-15-17)20(24(31)25(28)32)23(30)19-11-10-16-7-3-4-9-18(16)22(19)29/h3-5,7-12,15,21,29-30H,6,13-14H2,1-2H3/b23-20+. The number of carbonyl (C=O) groups excluding carboxylic acids is 2. The first-order valence-corrected chi connectivity index (χ1v) is 10.4. The molecule has 7 heteroatoms. The first kappa shape index (κ1) is 21.5. The fraction of sp³-hybridized carbons (Fsp3) is 0.240. The minimum Gasteiger partial charge on any atom is -0.507 e. The number of nitrogens with zero attached hydrogens (tertiary/aromatic N) is 3. The fourth-order valence-electron chi connectivity index (χ4n) is 4.14. The number of pyridine rings is 1. The molecule has 0 bridgehead atoms. The Kier molecular flexibility index (Phi) is 5.92. The average Bonchev–Trinajstić information content (AvgIpc) is 3.04. The second-order valence-corrected chi connectivity index (χ2v) is 8.12. The zero-order valence-electron chi connectivity index (χ0n) is 18.0. The Labute approximate surface area is 186 Å². The number of fused-ring (bicyclic) bond motifs is 1. The van der Waals surface area contributed by atoms with Gasteiger partial charge in [-0.2, -0.15) is 0 Å². The number of aliphatic hydroxyl groups is 1. The lowest BCUT2D eigenvalue weighted by Gasteiger charge is -2.25. The smallest absolute Gasteiger partial charge is 0.295 e. The van der Waals surface area contributed by atoms with Gasteiger partial charge in [0, 0.05) is 24.3 Å². The van der Waals surface area contributed by atoms with Crippen molar-refractivity contribution in [2.75, 3.05) is 27.2 Å². The van der Waals surface area contributed by atoms with Crippen LogP contribution >= 0.6 is 0 Å². The normalized spacial score (nSPS) is 18.1. The van der Waals surface area contributed by atoms with Crippen LogP contribution in [-0.2, 0) is 9.59 Å². The fourth-order valence-corrected chi connectivity index (χ4v) is 4.14. The third-order valence-corrected chi connectivity index (χ3v) is 5.70. The van der Waals surface area contributed by atoms with E-state index in [1.165, 1.54) is 4.90 Å². The highest BCUT2D eigenvalue weighted by Gasteiger charge is 2.46. The number of aromatic nitrogens is 1. The van der Waals surface area contributed by atoms with E-state index in [0.29, 0.717) is 23.9 Å². The molecule has 32 heavy (non-hydrogen) atoms. The van der Waals surface area contributed by atoms with Crippen LogP contribution in [0.2, 0.25) is 0 Å². The van der Waals surface area contributed by atoms with Gasteiger partial charge in [0.05, 0.1) is 17.2 Å². The van der Waals surface area contributed by atoms with Crippen LogP contribution in [-0.4, -0.2) is 63.9 Å². The van der Waals surface area contributed by atoms with Gasteiger partial charge in [-0.15, -0.1) is 0 Å². The van der Waals surface area contributed by atoms with Crippen molar-refractivity contribution in [3.63, 3.8) is 0 Å². The number of aliphatic hydroxyl groups excluding tert-OH is 1. The van der Waals surface area contributed by atoms with E-state index >= 15 is 0 Å². The van der Waals surface area contributed by atoms with Crippen LogP contribution in [0.15, 0.2) is 66.5 Å². The van der Waals surface area contributed by atoms with E-state index < -0.39 is 23.5 Å². The Hall–Kier alpha value is -3.71. The first-order valence-electron chi connectivity index (χ1n) is 10.4. The van der Waals surface area contributed by atoms with Crippen LogP contribution in [0.5, 0.6) is 5.75 Å². The van der Waals surface area contributed by atoms with E-state index in [4.69, 9.17) is 0 Å². The molecule has 2 N–H and O–H groups in total. The maximum atomic E-state index is 13.1. The summed E-state index contributed by atoms with van der Waals surface area (Å²) in [7, 11) is 3.88. The molecular weight excluding hydrogens is 406 g/mol. The van der Waals surface area contributed by atoms with Crippen molar-refractivity contribution in [2.24, 2.45) is 0 Å². The molecule has 0 saturated carbocycles. The molecule has 0 spiro atoms. The highest BCUT2D eigenvalue weighted by Crippen LogP contribution is 2.41. The number of aromatic hydroxyl groups is 1. The molecule has 1 fully saturated rings. The number of hydrogen-bond acceptors (Lipinski definition) is 6. The number of phenolic OH excluding ortho intramolecular Hbond substituents is 1. The number of ketones is 1. The molecule has 7 nitrogen and oxygen atoms in total. The van der Waals surface area contributed by atoms with Crippen molar-refractivity contribution < 1.29 is 19.8 Å². The molecule has 4 rings (SSSR count). The van der Waals surface area contributed by atoms with Crippen molar-refractivity contribution in [1.29, 1.82) is 0 Å². The number of carbonyl (C=O) groups is 2. The second-order valence-electron chi connectivity index (χ2n) is 8.12. The number of Topliss-reactive ketones (excluding diaryl/α,β-unsaturated/α-hetero) is 1. The summed E-state index contributed by atoms with van der Waals surface area (Å²) in [5, 5.41) is 23.4. The number of phenols is 1. The van der Waals surface area contributed by atoms with E-state index in [-0.39, 0.29) is 16.9 Å². The van der Waals surface area contributed by atoms with Crippen molar-refractivity contribution in [2.45, 2.75) is 12.5 Å². The Bertz CT molecular complexity index is 1200. The second kappa shape index (κ2) is 8.80. The lowest BCUT2D eigenvalue weighted by Crippen LogP contribution is -2.32. The van der Waals surface area contributed by atoms with Gasteiger partial charge in [0.25, 0.3) is 11.7 Å². The summed E-state index contributed by atoms with van der Waals surface area (Å²) >= 11 is 0. The maximum Gasteiger partial charge on any atom is 0.295 e. The molecule has 2 aromatic carbocycles. The molecule has 1 amide bonds. The molecule has 3 aromatic rings. The molecule has 1 unspecified atom stereocenters. The third-order valence-electron chi connectivity index (χ3n) is 5.70. The monoisotopic (exact) mass is 431 g/mol. The molecule has 2 heterocycles. The van der Waals surface area contributed by atoms with Crippen molar-refractivity contribution in [3.05, 3.63) is 77.6 Å². The summed E-state index contributed by atoms with van der Waals surface area (Å²) in [5.41, 5.74) is 0.695. The average molecular weight is 431 g/mol. The van der Waals surface area contributed by atoms with E-state index in [9.17, 15) is 19.8 Å². The Morgan fingerprint density at radius 2 is 1.88 bits per heavy atom. The van der Waals surface area contributed by atoms with Gasteiger partial charge in [0.2, 0.25) is 0 Å². The van der Waals surface area contributed by atoms with Crippen LogP contribution in [0.1, 0.15) is 23.6 Å². The molecule has 0 aliphatic carbocycles. The van der Waals surface area contributed by atoms with Crippen molar-refractivity contribution >= 4 is 28.2 Å². The molecule has 164 valence electrons. The molecular formula is C25H25N3O4. The predicted molar refractivity (Wildman–Crippen MR) is 122 cm³/mol. The number of likely N-dealkylation sites (tertiary alicyclic amines) is 1. The van der Waals surface area contributed by atoms with Crippen molar-refractivity contribution in [3.8, 4) is 5.75 Å². The number of benzene rings is 2. The van der Waals surface area contributed by atoms with Gasteiger partial charge in [-0.3, -0.25) is 14.6 Å². The zero-order chi connectivity index (χ0) is 22.8. The van der Waals surface area contributed by atoms with Gasteiger partial charge in [-0.25, -0.2) is 0 Å².